The summed E-state index contributed by atoms with van der Waals surface area (Å²) in [7, 11) is 0. The molecular formula is C9H14ClN3. The average molecular weight is 200 g/mol. The minimum Gasteiger partial charge on any atom is -0.325 e. The second kappa shape index (κ2) is 4.53. The molecule has 4 heteroatoms. The maximum absolute atomic E-state index is 5.88. The van der Waals surface area contributed by atoms with Crippen LogP contribution in [0, 0.1) is 5.92 Å². The van der Waals surface area contributed by atoms with Gasteiger partial charge in [0.25, 0.3) is 0 Å². The Balaban J connectivity index is 2.90. The van der Waals surface area contributed by atoms with Crippen LogP contribution >= 0.6 is 11.6 Å². The SMILES string of the molecule is CC(C)Cc1nc(CN)cnc1Cl. The Hall–Kier alpha value is -0.670. The summed E-state index contributed by atoms with van der Waals surface area (Å²) in [5, 5.41) is 0.492. The summed E-state index contributed by atoms with van der Waals surface area (Å²) in [5.74, 6) is 0.528. The number of rotatable bonds is 3. The van der Waals surface area contributed by atoms with Gasteiger partial charge < -0.3 is 5.73 Å². The molecule has 0 aliphatic rings. The first-order valence-corrected chi connectivity index (χ1v) is 4.71. The Morgan fingerprint density at radius 2 is 2.23 bits per heavy atom. The third-order valence-corrected chi connectivity index (χ3v) is 1.97. The van der Waals surface area contributed by atoms with E-state index in [1.54, 1.807) is 6.20 Å². The normalized spacial score (nSPS) is 10.8. The number of nitrogens with zero attached hydrogens (tertiary/aromatic N) is 2. The highest BCUT2D eigenvalue weighted by Crippen LogP contribution is 2.14. The van der Waals surface area contributed by atoms with Gasteiger partial charge in [-0.05, 0) is 12.3 Å². The van der Waals surface area contributed by atoms with E-state index in [1.807, 2.05) is 0 Å². The molecule has 2 N–H and O–H groups in total. The van der Waals surface area contributed by atoms with Crippen LogP contribution in [-0.2, 0) is 13.0 Å². The van der Waals surface area contributed by atoms with E-state index in [2.05, 4.69) is 23.8 Å². The summed E-state index contributed by atoms with van der Waals surface area (Å²) >= 11 is 5.88. The summed E-state index contributed by atoms with van der Waals surface area (Å²) in [6.45, 7) is 4.65. The lowest BCUT2D eigenvalue weighted by molar-refractivity contribution is 0.630. The Kier molecular flexibility index (Phi) is 3.63. The molecule has 3 nitrogen and oxygen atoms in total. The predicted octanol–water partition coefficient (Wildman–Crippen LogP) is 1.79. The van der Waals surface area contributed by atoms with Crippen molar-refractivity contribution < 1.29 is 0 Å². The molecule has 0 atom stereocenters. The molecule has 0 unspecified atom stereocenters. The van der Waals surface area contributed by atoms with Gasteiger partial charge in [-0.1, -0.05) is 25.4 Å². The Labute approximate surface area is 83.3 Å². The quantitative estimate of drug-likeness (QED) is 0.808. The van der Waals surface area contributed by atoms with Crippen molar-refractivity contribution in [2.45, 2.75) is 26.8 Å². The van der Waals surface area contributed by atoms with Gasteiger partial charge in [-0.25, -0.2) is 4.98 Å². The van der Waals surface area contributed by atoms with Gasteiger partial charge >= 0.3 is 0 Å². The lowest BCUT2D eigenvalue weighted by Gasteiger charge is -2.06. The molecule has 0 spiro atoms. The topological polar surface area (TPSA) is 51.8 Å². The van der Waals surface area contributed by atoms with Crippen molar-refractivity contribution in [1.82, 2.24) is 9.97 Å². The first-order valence-electron chi connectivity index (χ1n) is 4.33. The lowest BCUT2D eigenvalue weighted by atomic mass is 10.1. The highest BCUT2D eigenvalue weighted by atomic mass is 35.5. The van der Waals surface area contributed by atoms with E-state index < -0.39 is 0 Å². The first-order chi connectivity index (χ1) is 6.13. The molecule has 0 bridgehead atoms. The largest absolute Gasteiger partial charge is 0.325 e. The fourth-order valence-corrected chi connectivity index (χ4v) is 1.24. The third kappa shape index (κ3) is 2.94. The van der Waals surface area contributed by atoms with E-state index in [0.29, 0.717) is 17.6 Å². The van der Waals surface area contributed by atoms with Crippen LogP contribution in [0.5, 0.6) is 0 Å². The molecular weight excluding hydrogens is 186 g/mol. The minimum atomic E-state index is 0.412. The number of aromatic nitrogens is 2. The molecule has 0 aliphatic carbocycles. The van der Waals surface area contributed by atoms with Gasteiger partial charge in [-0.3, -0.25) is 4.98 Å². The number of hydrogen-bond donors (Lipinski definition) is 1. The van der Waals surface area contributed by atoms with E-state index >= 15 is 0 Å². The van der Waals surface area contributed by atoms with Crippen molar-refractivity contribution in [1.29, 1.82) is 0 Å². The van der Waals surface area contributed by atoms with Crippen molar-refractivity contribution in [2.75, 3.05) is 0 Å². The van der Waals surface area contributed by atoms with Gasteiger partial charge in [0.2, 0.25) is 0 Å². The molecule has 72 valence electrons. The van der Waals surface area contributed by atoms with Crippen LogP contribution in [-0.4, -0.2) is 9.97 Å². The fraction of sp³-hybridized carbons (Fsp3) is 0.556. The van der Waals surface area contributed by atoms with E-state index in [-0.39, 0.29) is 0 Å². The molecule has 0 amide bonds. The fourth-order valence-electron chi connectivity index (χ4n) is 1.07. The summed E-state index contributed by atoms with van der Waals surface area (Å²) < 4.78 is 0. The standard InChI is InChI=1S/C9H14ClN3/c1-6(2)3-8-9(10)12-5-7(4-11)13-8/h5-6H,3-4,11H2,1-2H3. The Bertz CT molecular complexity index is 286. The zero-order chi connectivity index (χ0) is 9.84. The molecule has 1 heterocycles. The van der Waals surface area contributed by atoms with Crippen LogP contribution in [0.4, 0.5) is 0 Å². The second-order valence-corrected chi connectivity index (χ2v) is 3.76. The Morgan fingerprint density at radius 1 is 1.54 bits per heavy atom. The van der Waals surface area contributed by atoms with E-state index in [1.165, 1.54) is 0 Å². The van der Waals surface area contributed by atoms with Gasteiger partial charge in [0, 0.05) is 6.54 Å². The molecule has 0 aliphatic heterocycles. The number of hydrogen-bond acceptors (Lipinski definition) is 3. The zero-order valence-corrected chi connectivity index (χ0v) is 8.67. The highest BCUT2D eigenvalue weighted by molar-refractivity contribution is 6.29. The first kappa shape index (κ1) is 10.4. The molecule has 0 radical (unpaired) electrons. The molecule has 0 aromatic carbocycles. The van der Waals surface area contributed by atoms with E-state index in [0.717, 1.165) is 17.8 Å². The van der Waals surface area contributed by atoms with Crippen molar-refractivity contribution in [3.8, 4) is 0 Å². The van der Waals surface area contributed by atoms with Gasteiger partial charge in [-0.15, -0.1) is 0 Å². The van der Waals surface area contributed by atoms with Crippen molar-refractivity contribution in [2.24, 2.45) is 11.7 Å². The van der Waals surface area contributed by atoms with Crippen molar-refractivity contribution in [3.05, 3.63) is 22.7 Å². The average Bonchev–Trinajstić information content (AvgIpc) is 2.08. The van der Waals surface area contributed by atoms with Crippen LogP contribution < -0.4 is 5.73 Å². The molecule has 13 heavy (non-hydrogen) atoms. The van der Waals surface area contributed by atoms with Gasteiger partial charge in [0.15, 0.2) is 5.15 Å². The summed E-state index contributed by atoms with van der Waals surface area (Å²) in [4.78, 5) is 8.34. The maximum atomic E-state index is 5.88. The third-order valence-electron chi connectivity index (χ3n) is 1.65. The molecule has 0 fully saturated rings. The minimum absolute atomic E-state index is 0.412. The second-order valence-electron chi connectivity index (χ2n) is 3.40. The molecule has 1 aromatic rings. The van der Waals surface area contributed by atoms with Gasteiger partial charge in [0.1, 0.15) is 0 Å². The van der Waals surface area contributed by atoms with Gasteiger partial charge in [-0.2, -0.15) is 0 Å². The van der Waals surface area contributed by atoms with Crippen molar-refractivity contribution >= 4 is 11.6 Å². The molecule has 0 saturated heterocycles. The molecule has 1 rings (SSSR count). The van der Waals surface area contributed by atoms with Crippen LogP contribution in [0.3, 0.4) is 0 Å². The van der Waals surface area contributed by atoms with E-state index in [4.69, 9.17) is 17.3 Å². The zero-order valence-electron chi connectivity index (χ0n) is 7.92. The number of halogens is 1. The van der Waals surface area contributed by atoms with Crippen LogP contribution in [0.15, 0.2) is 6.20 Å². The van der Waals surface area contributed by atoms with E-state index in [9.17, 15) is 0 Å². The highest BCUT2D eigenvalue weighted by Gasteiger charge is 2.06. The van der Waals surface area contributed by atoms with Gasteiger partial charge in [0.05, 0.1) is 17.6 Å². The monoisotopic (exact) mass is 199 g/mol. The summed E-state index contributed by atoms with van der Waals surface area (Å²) in [5.41, 5.74) is 7.09. The smallest absolute Gasteiger partial charge is 0.150 e. The lowest BCUT2D eigenvalue weighted by Crippen LogP contribution is -2.06. The summed E-state index contributed by atoms with van der Waals surface area (Å²) in [6, 6.07) is 0. The van der Waals surface area contributed by atoms with Crippen molar-refractivity contribution in [3.63, 3.8) is 0 Å². The predicted molar refractivity (Wildman–Crippen MR) is 53.5 cm³/mol. The molecule has 1 aromatic heterocycles. The van der Waals surface area contributed by atoms with Crippen LogP contribution in [0.25, 0.3) is 0 Å². The van der Waals surface area contributed by atoms with Crippen LogP contribution in [0.1, 0.15) is 25.2 Å². The maximum Gasteiger partial charge on any atom is 0.150 e. The number of nitrogens with two attached hydrogens (primary N) is 1. The summed E-state index contributed by atoms with van der Waals surface area (Å²) in [6.07, 6.45) is 2.46. The Morgan fingerprint density at radius 3 is 2.77 bits per heavy atom. The molecule has 0 saturated carbocycles. The van der Waals surface area contributed by atoms with Crippen LogP contribution in [0.2, 0.25) is 5.15 Å².